The topological polar surface area (TPSA) is 87.0 Å². The molecule has 0 aliphatic carbocycles. The molecule has 4 rings (SSSR count). The van der Waals surface area contributed by atoms with E-state index in [4.69, 9.17) is 19.3 Å². The maximum absolute atomic E-state index is 13.0. The number of carboxylic acid groups (broad SMARTS) is 1. The van der Waals surface area contributed by atoms with E-state index in [0.29, 0.717) is 29.3 Å². The highest BCUT2D eigenvalue weighted by molar-refractivity contribution is 6.08. The Labute approximate surface area is 185 Å². The second-order valence-corrected chi connectivity index (χ2v) is 7.38. The number of aliphatic carboxylic acids is 1. The van der Waals surface area contributed by atoms with Crippen LogP contribution in [0.1, 0.15) is 34.1 Å². The molecule has 0 bridgehead atoms. The minimum atomic E-state index is -0.987. The smallest absolute Gasteiger partial charge is 0.332 e. The summed E-state index contributed by atoms with van der Waals surface area (Å²) in [5.74, 6) is 0.146. The van der Waals surface area contributed by atoms with Gasteiger partial charge < -0.3 is 23.9 Å². The summed E-state index contributed by atoms with van der Waals surface area (Å²) in [6.07, 6.45) is 4.93. The Morgan fingerprint density at radius 3 is 2.81 bits per heavy atom. The maximum Gasteiger partial charge on any atom is 0.332 e. The molecule has 1 aliphatic heterocycles. The molecule has 2 heterocycles. The first kappa shape index (κ1) is 21.4. The summed E-state index contributed by atoms with van der Waals surface area (Å²) in [4.78, 5) is 23.9. The van der Waals surface area contributed by atoms with E-state index in [1.807, 2.05) is 53.2 Å². The predicted molar refractivity (Wildman–Crippen MR) is 118 cm³/mol. The molecule has 0 amide bonds. The molecule has 32 heavy (non-hydrogen) atoms. The molecule has 0 saturated heterocycles. The number of ether oxygens (including phenoxy) is 3. The highest BCUT2D eigenvalue weighted by Gasteiger charge is 2.18. The van der Waals surface area contributed by atoms with Crippen molar-refractivity contribution in [3.8, 4) is 11.5 Å². The fraction of sp³-hybridized carbons (Fsp3) is 0.200. The number of hydrogen-bond acceptors (Lipinski definition) is 5. The molecule has 0 fully saturated rings. The van der Waals surface area contributed by atoms with Crippen molar-refractivity contribution >= 4 is 17.8 Å². The zero-order valence-electron chi connectivity index (χ0n) is 17.6. The van der Waals surface area contributed by atoms with Crippen LogP contribution < -0.4 is 9.47 Å². The average Bonchev–Trinajstić information content (AvgIpc) is 3.46. The summed E-state index contributed by atoms with van der Waals surface area (Å²) in [5.41, 5.74) is 2.98. The Morgan fingerprint density at radius 1 is 1.12 bits per heavy atom. The van der Waals surface area contributed by atoms with Crippen LogP contribution in [-0.4, -0.2) is 34.3 Å². The van der Waals surface area contributed by atoms with Crippen molar-refractivity contribution in [1.82, 2.24) is 4.57 Å². The van der Waals surface area contributed by atoms with E-state index in [1.54, 1.807) is 24.3 Å². The molecule has 1 N–H and O–H groups in total. The molecule has 7 heteroatoms. The molecule has 0 saturated carbocycles. The summed E-state index contributed by atoms with van der Waals surface area (Å²) < 4.78 is 17.9. The molecule has 1 aliphatic rings. The lowest BCUT2D eigenvalue weighted by atomic mass is 10.1. The van der Waals surface area contributed by atoms with Gasteiger partial charge in [0.2, 0.25) is 12.6 Å². The normalized spacial score (nSPS) is 13.4. The minimum Gasteiger partial charge on any atom is -0.479 e. The van der Waals surface area contributed by atoms with E-state index in [2.05, 4.69) is 0 Å². The van der Waals surface area contributed by atoms with Crippen molar-refractivity contribution in [3.05, 3.63) is 89.3 Å². The van der Waals surface area contributed by atoms with Gasteiger partial charge in [-0.05, 0) is 54.4 Å². The van der Waals surface area contributed by atoms with Crippen molar-refractivity contribution in [2.24, 2.45) is 0 Å². The zero-order valence-corrected chi connectivity index (χ0v) is 17.6. The number of aromatic nitrogens is 1. The van der Waals surface area contributed by atoms with E-state index in [9.17, 15) is 9.59 Å². The number of nitrogens with zero attached hydrogens (tertiary/aromatic N) is 1. The van der Waals surface area contributed by atoms with Crippen LogP contribution in [0.2, 0.25) is 0 Å². The highest BCUT2D eigenvalue weighted by Crippen LogP contribution is 2.33. The van der Waals surface area contributed by atoms with Gasteiger partial charge in [0, 0.05) is 18.3 Å². The van der Waals surface area contributed by atoms with Gasteiger partial charge in [0.25, 0.3) is 0 Å². The molecule has 7 nitrogen and oxygen atoms in total. The van der Waals surface area contributed by atoms with Gasteiger partial charge in [0.05, 0.1) is 12.3 Å². The number of carbonyl (C=O) groups is 2. The van der Waals surface area contributed by atoms with Crippen molar-refractivity contribution in [1.29, 1.82) is 0 Å². The van der Waals surface area contributed by atoms with Crippen LogP contribution in [0, 0.1) is 0 Å². The van der Waals surface area contributed by atoms with Crippen molar-refractivity contribution in [2.45, 2.75) is 26.2 Å². The maximum atomic E-state index is 13.0. The van der Waals surface area contributed by atoms with E-state index in [0.717, 1.165) is 11.1 Å². The number of carboxylic acids is 1. The Balaban J connectivity index is 1.41. The fourth-order valence-electron chi connectivity index (χ4n) is 3.35. The Bertz CT molecular complexity index is 1160. The summed E-state index contributed by atoms with van der Waals surface area (Å²) in [5, 5.41) is 8.92. The molecule has 164 valence electrons. The molecule has 0 spiro atoms. The fourth-order valence-corrected chi connectivity index (χ4v) is 3.35. The minimum absolute atomic E-state index is 0.0894. The summed E-state index contributed by atoms with van der Waals surface area (Å²) in [6, 6.07) is 16.5. The monoisotopic (exact) mass is 433 g/mol. The van der Waals surface area contributed by atoms with Gasteiger partial charge in [0.1, 0.15) is 0 Å². The van der Waals surface area contributed by atoms with Gasteiger partial charge in [-0.15, -0.1) is 0 Å². The quantitative estimate of drug-likeness (QED) is 0.510. The molecule has 3 aromatic rings. The van der Waals surface area contributed by atoms with Crippen LogP contribution in [-0.2, 0) is 22.7 Å². The molecule has 2 aromatic carbocycles. The van der Waals surface area contributed by atoms with Crippen molar-refractivity contribution < 1.29 is 28.9 Å². The Morgan fingerprint density at radius 2 is 1.97 bits per heavy atom. The average molecular weight is 433 g/mol. The molecular weight excluding hydrogens is 410 g/mol. The summed E-state index contributed by atoms with van der Waals surface area (Å²) in [6.45, 7) is 2.42. The third-order valence-corrected chi connectivity index (χ3v) is 5.11. The van der Waals surface area contributed by atoms with Gasteiger partial charge in [-0.2, -0.15) is 0 Å². The van der Waals surface area contributed by atoms with Gasteiger partial charge in [-0.3, -0.25) is 4.79 Å². The standard InChI is InChI=1S/C25H23NO6/c1-17(25(28)29)30-15-19-6-2-5-18(13-19)7-3-11-26-12-4-8-21(26)24(27)20-9-10-22-23(14-20)32-16-31-22/h2-10,12-14,17H,11,15-16H2,1H3,(H,28,29)/b7-3+/t17-/m0/s1. The van der Waals surface area contributed by atoms with E-state index < -0.39 is 12.1 Å². The van der Waals surface area contributed by atoms with Crippen LogP contribution in [0.5, 0.6) is 11.5 Å². The number of fused-ring (bicyclic) bond motifs is 1. The van der Waals surface area contributed by atoms with Gasteiger partial charge in [-0.1, -0.05) is 30.4 Å². The first-order valence-corrected chi connectivity index (χ1v) is 10.2. The SMILES string of the molecule is C[C@H](OCc1cccc(/C=C/Cn2cccc2C(=O)c2ccc3c(c2)OCO3)c1)C(=O)O. The van der Waals surface area contributed by atoms with Crippen molar-refractivity contribution in [3.63, 3.8) is 0 Å². The van der Waals surface area contributed by atoms with Crippen molar-refractivity contribution in [2.75, 3.05) is 6.79 Å². The zero-order chi connectivity index (χ0) is 22.5. The predicted octanol–water partition coefficient (Wildman–Crippen LogP) is 4.15. The van der Waals surface area contributed by atoms with Gasteiger partial charge in [-0.25, -0.2) is 4.79 Å². The van der Waals surface area contributed by atoms with Crippen LogP contribution in [0.3, 0.4) is 0 Å². The number of allylic oxidation sites excluding steroid dienone is 1. The number of rotatable bonds is 9. The molecule has 0 unspecified atom stereocenters. The molecule has 1 aromatic heterocycles. The lowest BCUT2D eigenvalue weighted by Gasteiger charge is -2.09. The first-order chi connectivity index (χ1) is 15.5. The van der Waals surface area contributed by atoms with Crippen LogP contribution >= 0.6 is 0 Å². The van der Waals surface area contributed by atoms with Crippen LogP contribution in [0.25, 0.3) is 6.08 Å². The highest BCUT2D eigenvalue weighted by atomic mass is 16.7. The number of carbonyl (C=O) groups excluding carboxylic acids is 1. The third kappa shape index (κ3) is 4.90. The number of benzene rings is 2. The Kier molecular flexibility index (Phi) is 6.37. The van der Waals surface area contributed by atoms with E-state index >= 15 is 0 Å². The lowest BCUT2D eigenvalue weighted by Crippen LogP contribution is -2.19. The van der Waals surface area contributed by atoms with Crippen LogP contribution in [0.4, 0.5) is 0 Å². The first-order valence-electron chi connectivity index (χ1n) is 10.2. The van der Waals surface area contributed by atoms with Gasteiger partial charge >= 0.3 is 5.97 Å². The Hall–Kier alpha value is -3.84. The second-order valence-electron chi connectivity index (χ2n) is 7.38. The lowest BCUT2D eigenvalue weighted by molar-refractivity contribution is -0.149. The molecular formula is C25H23NO6. The second kappa shape index (κ2) is 9.53. The van der Waals surface area contributed by atoms with E-state index in [-0.39, 0.29) is 19.2 Å². The number of hydrogen-bond donors (Lipinski definition) is 1. The number of ketones is 1. The van der Waals surface area contributed by atoms with Gasteiger partial charge in [0.15, 0.2) is 17.6 Å². The molecule has 0 radical (unpaired) electrons. The van der Waals surface area contributed by atoms with E-state index in [1.165, 1.54) is 6.92 Å². The third-order valence-electron chi connectivity index (χ3n) is 5.11. The largest absolute Gasteiger partial charge is 0.479 e. The molecule has 1 atom stereocenters. The summed E-state index contributed by atoms with van der Waals surface area (Å²) >= 11 is 0. The van der Waals surface area contributed by atoms with Crippen LogP contribution in [0.15, 0.2) is 66.9 Å². The summed E-state index contributed by atoms with van der Waals surface area (Å²) in [7, 11) is 0.